The van der Waals surface area contributed by atoms with E-state index >= 15 is 0 Å². The molecular weight excluding hydrogens is 382 g/mol. The van der Waals surface area contributed by atoms with E-state index in [-0.39, 0.29) is 12.1 Å². The van der Waals surface area contributed by atoms with E-state index in [1.807, 2.05) is 56.3 Å². The van der Waals surface area contributed by atoms with Crippen molar-refractivity contribution in [3.05, 3.63) is 62.5 Å². The third-order valence-corrected chi connectivity index (χ3v) is 3.75. The molecule has 0 amide bonds. The second-order valence-corrected chi connectivity index (χ2v) is 6.75. The molecule has 2 nitrogen and oxygen atoms in total. The van der Waals surface area contributed by atoms with Gasteiger partial charge in [-0.2, -0.15) is 0 Å². The van der Waals surface area contributed by atoms with Crippen molar-refractivity contribution in [1.82, 2.24) is 0 Å². The highest BCUT2D eigenvalue weighted by atomic mass is 79.9. The number of benzene rings is 2. The first-order valence-corrected chi connectivity index (χ1v) is 8.02. The van der Waals surface area contributed by atoms with Crippen molar-refractivity contribution in [3.8, 4) is 5.75 Å². The first-order chi connectivity index (χ1) is 9.45. The molecule has 0 saturated carbocycles. The maximum Gasteiger partial charge on any atom is 0.120 e. The molecule has 0 spiro atoms. The summed E-state index contributed by atoms with van der Waals surface area (Å²) >= 11 is 6.98. The highest BCUT2D eigenvalue weighted by molar-refractivity contribution is 9.11. The van der Waals surface area contributed by atoms with Crippen LogP contribution in [0, 0.1) is 0 Å². The molecule has 106 valence electrons. The van der Waals surface area contributed by atoms with Gasteiger partial charge in [-0.1, -0.05) is 44.0 Å². The van der Waals surface area contributed by atoms with Gasteiger partial charge in [-0.15, -0.1) is 0 Å². The number of ether oxygens (including phenoxy) is 1. The van der Waals surface area contributed by atoms with Crippen LogP contribution in [0.4, 0.5) is 0 Å². The van der Waals surface area contributed by atoms with Gasteiger partial charge >= 0.3 is 0 Å². The van der Waals surface area contributed by atoms with Crippen LogP contribution in [0.2, 0.25) is 0 Å². The van der Waals surface area contributed by atoms with Crippen LogP contribution in [0.3, 0.4) is 0 Å². The minimum atomic E-state index is -0.181. The number of nitrogens with two attached hydrogens (primary N) is 1. The molecule has 2 rings (SSSR count). The fourth-order valence-corrected chi connectivity index (χ4v) is 3.33. The summed E-state index contributed by atoms with van der Waals surface area (Å²) in [4.78, 5) is 0. The molecule has 0 aliphatic rings. The quantitative estimate of drug-likeness (QED) is 0.782. The molecule has 0 saturated heterocycles. The molecule has 0 bridgehead atoms. The van der Waals surface area contributed by atoms with E-state index in [9.17, 15) is 0 Å². The van der Waals surface area contributed by atoms with Gasteiger partial charge in [0, 0.05) is 8.95 Å². The maximum absolute atomic E-state index is 6.36. The molecule has 0 radical (unpaired) electrons. The average Bonchev–Trinajstić information content (AvgIpc) is 2.36. The molecule has 2 N–H and O–H groups in total. The summed E-state index contributed by atoms with van der Waals surface area (Å²) in [6, 6.07) is 13.8. The lowest BCUT2D eigenvalue weighted by Crippen LogP contribution is -2.12. The largest absolute Gasteiger partial charge is 0.491 e. The normalized spacial score (nSPS) is 12.5. The Bertz CT molecular complexity index is 579. The van der Waals surface area contributed by atoms with Gasteiger partial charge in [-0.05, 0) is 55.3 Å². The summed E-state index contributed by atoms with van der Waals surface area (Å²) in [7, 11) is 0. The molecule has 0 aliphatic heterocycles. The van der Waals surface area contributed by atoms with Gasteiger partial charge in [0.05, 0.1) is 12.1 Å². The fraction of sp³-hybridized carbons (Fsp3) is 0.250. The van der Waals surface area contributed by atoms with Crippen LogP contribution in [0.5, 0.6) is 5.75 Å². The predicted octanol–water partition coefficient (Wildman–Crippen LogP) is 5.05. The topological polar surface area (TPSA) is 35.2 Å². The van der Waals surface area contributed by atoms with Crippen molar-refractivity contribution in [1.29, 1.82) is 0 Å². The smallest absolute Gasteiger partial charge is 0.120 e. The zero-order chi connectivity index (χ0) is 14.7. The highest BCUT2D eigenvalue weighted by Crippen LogP contribution is 2.28. The first kappa shape index (κ1) is 15.5. The van der Waals surface area contributed by atoms with Gasteiger partial charge in [-0.25, -0.2) is 0 Å². The molecule has 2 aromatic carbocycles. The van der Waals surface area contributed by atoms with E-state index < -0.39 is 0 Å². The number of halogens is 2. The van der Waals surface area contributed by atoms with E-state index in [2.05, 4.69) is 31.9 Å². The van der Waals surface area contributed by atoms with Crippen molar-refractivity contribution >= 4 is 31.9 Å². The van der Waals surface area contributed by atoms with Gasteiger partial charge < -0.3 is 10.5 Å². The van der Waals surface area contributed by atoms with Gasteiger partial charge in [0.2, 0.25) is 0 Å². The predicted molar refractivity (Wildman–Crippen MR) is 90.1 cm³/mol. The second kappa shape index (κ2) is 6.74. The van der Waals surface area contributed by atoms with Crippen molar-refractivity contribution < 1.29 is 4.74 Å². The van der Waals surface area contributed by atoms with Crippen molar-refractivity contribution in [2.75, 3.05) is 0 Å². The SMILES string of the molecule is CC(C)Oc1cccc(C(N)c2cc(Br)cc(Br)c2)c1. The van der Waals surface area contributed by atoms with Crippen LogP contribution >= 0.6 is 31.9 Å². The van der Waals surface area contributed by atoms with E-state index in [1.165, 1.54) is 0 Å². The molecule has 1 atom stereocenters. The van der Waals surface area contributed by atoms with Crippen molar-refractivity contribution in [2.45, 2.75) is 26.0 Å². The summed E-state index contributed by atoms with van der Waals surface area (Å²) in [5.74, 6) is 0.849. The Hall–Kier alpha value is -0.840. The second-order valence-electron chi connectivity index (χ2n) is 4.92. The lowest BCUT2D eigenvalue weighted by molar-refractivity contribution is 0.242. The molecule has 0 aliphatic carbocycles. The van der Waals surface area contributed by atoms with Crippen LogP contribution in [0.15, 0.2) is 51.4 Å². The standard InChI is InChI=1S/C16H17Br2NO/c1-10(2)20-15-5-3-4-11(8-15)16(19)12-6-13(17)9-14(18)7-12/h3-10,16H,19H2,1-2H3. The van der Waals surface area contributed by atoms with Crippen LogP contribution in [0.25, 0.3) is 0 Å². The van der Waals surface area contributed by atoms with Gasteiger partial charge in [0.1, 0.15) is 5.75 Å². The number of rotatable bonds is 4. The number of hydrogen-bond acceptors (Lipinski definition) is 2. The van der Waals surface area contributed by atoms with E-state index in [0.29, 0.717) is 0 Å². The molecular formula is C16H17Br2NO. The molecule has 2 aromatic rings. The number of hydrogen-bond donors (Lipinski definition) is 1. The van der Waals surface area contributed by atoms with E-state index in [4.69, 9.17) is 10.5 Å². The van der Waals surface area contributed by atoms with Crippen LogP contribution in [0.1, 0.15) is 31.0 Å². The van der Waals surface area contributed by atoms with Crippen LogP contribution < -0.4 is 10.5 Å². The third-order valence-electron chi connectivity index (χ3n) is 2.83. The Labute approximate surface area is 136 Å². The summed E-state index contributed by atoms with van der Waals surface area (Å²) in [5.41, 5.74) is 8.44. The minimum Gasteiger partial charge on any atom is -0.491 e. The summed E-state index contributed by atoms with van der Waals surface area (Å²) in [5, 5.41) is 0. The Morgan fingerprint density at radius 2 is 1.60 bits per heavy atom. The third kappa shape index (κ3) is 4.08. The zero-order valence-corrected chi connectivity index (χ0v) is 14.6. The minimum absolute atomic E-state index is 0.154. The van der Waals surface area contributed by atoms with Crippen molar-refractivity contribution in [2.24, 2.45) is 5.73 Å². The molecule has 4 heteroatoms. The monoisotopic (exact) mass is 397 g/mol. The van der Waals surface area contributed by atoms with Crippen LogP contribution in [-0.2, 0) is 0 Å². The lowest BCUT2D eigenvalue weighted by Gasteiger charge is -2.16. The van der Waals surface area contributed by atoms with Crippen LogP contribution in [-0.4, -0.2) is 6.10 Å². The van der Waals surface area contributed by atoms with Gasteiger partial charge in [-0.3, -0.25) is 0 Å². The summed E-state index contributed by atoms with van der Waals surface area (Å²) in [6.07, 6.45) is 0.154. The zero-order valence-electron chi connectivity index (χ0n) is 11.4. The Morgan fingerprint density at radius 1 is 0.950 bits per heavy atom. The van der Waals surface area contributed by atoms with E-state index in [1.54, 1.807) is 0 Å². The molecule has 0 aromatic heterocycles. The molecule has 20 heavy (non-hydrogen) atoms. The molecule has 1 unspecified atom stereocenters. The molecule has 0 fully saturated rings. The van der Waals surface area contributed by atoms with Gasteiger partial charge in [0.25, 0.3) is 0 Å². The van der Waals surface area contributed by atoms with Gasteiger partial charge in [0.15, 0.2) is 0 Å². The lowest BCUT2D eigenvalue weighted by atomic mass is 9.99. The van der Waals surface area contributed by atoms with E-state index in [0.717, 1.165) is 25.8 Å². The Kier molecular flexibility index (Phi) is 5.24. The molecule has 0 heterocycles. The van der Waals surface area contributed by atoms with Crippen molar-refractivity contribution in [3.63, 3.8) is 0 Å². The fourth-order valence-electron chi connectivity index (χ4n) is 2.00. The first-order valence-electron chi connectivity index (χ1n) is 6.44. The highest BCUT2D eigenvalue weighted by Gasteiger charge is 2.11. The average molecular weight is 399 g/mol. The Morgan fingerprint density at radius 3 is 2.20 bits per heavy atom. The Balaban J connectivity index is 2.30. The summed E-state index contributed by atoms with van der Waals surface area (Å²) in [6.45, 7) is 4.02. The summed E-state index contributed by atoms with van der Waals surface area (Å²) < 4.78 is 7.73. The maximum atomic E-state index is 6.36.